The average molecular weight is 250 g/mol. The minimum Gasteiger partial charge on any atom is -0.349 e. The van der Waals surface area contributed by atoms with Crippen LogP contribution in [0.5, 0.6) is 0 Å². The van der Waals surface area contributed by atoms with E-state index in [0.717, 1.165) is 25.7 Å². The van der Waals surface area contributed by atoms with Crippen LogP contribution in [0.1, 0.15) is 55.1 Å². The lowest BCUT2D eigenvalue weighted by molar-refractivity contribution is 0.0927. The third-order valence-corrected chi connectivity index (χ3v) is 3.41. The summed E-state index contributed by atoms with van der Waals surface area (Å²) in [5.41, 5.74) is 0.994. The molecule has 1 aromatic heterocycles. The number of rotatable bonds is 3. The molecule has 0 aromatic carbocycles. The van der Waals surface area contributed by atoms with E-state index in [1.165, 1.54) is 12.5 Å². The van der Waals surface area contributed by atoms with E-state index in [0.29, 0.717) is 17.7 Å². The van der Waals surface area contributed by atoms with Crippen molar-refractivity contribution in [1.29, 1.82) is 0 Å². The smallest absolute Gasteiger partial charge is 0.251 e. The molecule has 1 aromatic rings. The van der Waals surface area contributed by atoms with Crippen molar-refractivity contribution in [3.63, 3.8) is 0 Å². The van der Waals surface area contributed by atoms with E-state index in [1.54, 1.807) is 6.07 Å². The fourth-order valence-electron chi connectivity index (χ4n) is 2.38. The van der Waals surface area contributed by atoms with Gasteiger partial charge in [-0.15, -0.1) is 0 Å². The Bertz CT molecular complexity index is 428. The number of hydrogen-bond acceptors (Lipinski definition) is 2. The minimum atomic E-state index is -0.580. The standard InChI is InChI=1S/C14H19FN2O/c1-2-11-8-10(9-13(15)16-11)14(18)17-12-6-4-3-5-7-12/h8-9,12H,2-7H2,1H3,(H,17,18). The number of halogens is 1. The van der Waals surface area contributed by atoms with Crippen LogP contribution in [0.25, 0.3) is 0 Å². The average Bonchev–Trinajstić information content (AvgIpc) is 2.39. The minimum absolute atomic E-state index is 0.182. The zero-order valence-electron chi connectivity index (χ0n) is 10.7. The Hall–Kier alpha value is -1.45. The second-order valence-electron chi connectivity index (χ2n) is 4.83. The van der Waals surface area contributed by atoms with E-state index in [-0.39, 0.29) is 11.9 Å². The maximum atomic E-state index is 13.3. The Labute approximate surface area is 107 Å². The maximum Gasteiger partial charge on any atom is 0.251 e. The van der Waals surface area contributed by atoms with Crippen LogP contribution in [0.3, 0.4) is 0 Å². The molecule has 1 aliphatic rings. The fraction of sp³-hybridized carbons (Fsp3) is 0.571. The number of nitrogens with one attached hydrogen (secondary N) is 1. The molecule has 1 heterocycles. The molecule has 4 heteroatoms. The molecule has 0 radical (unpaired) electrons. The van der Waals surface area contributed by atoms with Gasteiger partial charge in [-0.05, 0) is 25.3 Å². The lowest BCUT2D eigenvalue weighted by atomic mass is 9.95. The van der Waals surface area contributed by atoms with Gasteiger partial charge in [0.2, 0.25) is 5.95 Å². The van der Waals surface area contributed by atoms with Crippen molar-refractivity contribution in [3.05, 3.63) is 29.3 Å². The second-order valence-corrected chi connectivity index (χ2v) is 4.83. The van der Waals surface area contributed by atoms with Crippen molar-refractivity contribution in [2.75, 3.05) is 0 Å². The van der Waals surface area contributed by atoms with Crippen molar-refractivity contribution in [2.45, 2.75) is 51.5 Å². The molecule has 0 bridgehead atoms. The molecule has 1 fully saturated rings. The van der Waals surface area contributed by atoms with Crippen LogP contribution < -0.4 is 5.32 Å². The van der Waals surface area contributed by atoms with Crippen molar-refractivity contribution < 1.29 is 9.18 Å². The predicted octanol–water partition coefficient (Wildman–Crippen LogP) is 2.85. The largest absolute Gasteiger partial charge is 0.349 e. The van der Waals surface area contributed by atoms with E-state index in [2.05, 4.69) is 10.3 Å². The van der Waals surface area contributed by atoms with Crippen molar-refractivity contribution in [1.82, 2.24) is 10.3 Å². The third-order valence-electron chi connectivity index (χ3n) is 3.41. The fourth-order valence-corrected chi connectivity index (χ4v) is 2.38. The zero-order valence-corrected chi connectivity index (χ0v) is 10.7. The van der Waals surface area contributed by atoms with Crippen LogP contribution >= 0.6 is 0 Å². The summed E-state index contributed by atoms with van der Waals surface area (Å²) in [6.07, 6.45) is 6.25. The topological polar surface area (TPSA) is 42.0 Å². The number of hydrogen-bond donors (Lipinski definition) is 1. The summed E-state index contributed by atoms with van der Waals surface area (Å²) >= 11 is 0. The Morgan fingerprint density at radius 2 is 2.11 bits per heavy atom. The molecule has 1 amide bonds. The van der Waals surface area contributed by atoms with Crippen LogP contribution in [-0.2, 0) is 6.42 Å². The van der Waals surface area contributed by atoms with Crippen LogP contribution in [0.2, 0.25) is 0 Å². The Morgan fingerprint density at radius 3 is 2.78 bits per heavy atom. The van der Waals surface area contributed by atoms with Crippen LogP contribution in [0.15, 0.2) is 12.1 Å². The van der Waals surface area contributed by atoms with Gasteiger partial charge in [-0.1, -0.05) is 26.2 Å². The molecule has 18 heavy (non-hydrogen) atoms. The molecule has 1 aliphatic carbocycles. The summed E-state index contributed by atoms with van der Waals surface area (Å²) in [4.78, 5) is 15.8. The van der Waals surface area contributed by atoms with Gasteiger partial charge < -0.3 is 5.32 Å². The summed E-state index contributed by atoms with van der Waals surface area (Å²) in [6, 6.07) is 3.12. The van der Waals surface area contributed by atoms with Crippen molar-refractivity contribution in [2.24, 2.45) is 0 Å². The van der Waals surface area contributed by atoms with Gasteiger partial charge in [-0.25, -0.2) is 4.98 Å². The molecule has 98 valence electrons. The quantitative estimate of drug-likeness (QED) is 0.838. The number of aromatic nitrogens is 1. The van der Waals surface area contributed by atoms with E-state index >= 15 is 0 Å². The monoisotopic (exact) mass is 250 g/mol. The normalized spacial score (nSPS) is 16.6. The molecular weight excluding hydrogens is 231 g/mol. The SMILES string of the molecule is CCc1cc(C(=O)NC2CCCCC2)cc(F)n1. The lowest BCUT2D eigenvalue weighted by Gasteiger charge is -2.22. The molecule has 1 saturated carbocycles. The third kappa shape index (κ3) is 3.28. The summed E-state index contributed by atoms with van der Waals surface area (Å²) in [6.45, 7) is 1.89. The number of carbonyl (C=O) groups is 1. The van der Waals surface area contributed by atoms with Crippen molar-refractivity contribution >= 4 is 5.91 Å². The Morgan fingerprint density at radius 1 is 1.39 bits per heavy atom. The molecule has 0 saturated heterocycles. The first-order chi connectivity index (χ1) is 8.69. The molecule has 0 unspecified atom stereocenters. The summed E-state index contributed by atoms with van der Waals surface area (Å²) in [5, 5.41) is 2.98. The molecule has 2 rings (SSSR count). The number of carbonyl (C=O) groups excluding carboxylic acids is 1. The van der Waals surface area contributed by atoms with E-state index < -0.39 is 5.95 Å². The van der Waals surface area contributed by atoms with Gasteiger partial charge in [-0.2, -0.15) is 4.39 Å². The molecule has 3 nitrogen and oxygen atoms in total. The Kier molecular flexibility index (Phi) is 4.28. The first-order valence-electron chi connectivity index (χ1n) is 6.66. The number of amides is 1. The van der Waals surface area contributed by atoms with E-state index in [9.17, 15) is 9.18 Å². The number of aryl methyl sites for hydroxylation is 1. The molecule has 1 N–H and O–H groups in total. The van der Waals surface area contributed by atoms with Gasteiger partial charge >= 0.3 is 0 Å². The number of pyridine rings is 1. The first kappa shape index (κ1) is 13.0. The summed E-state index contributed by atoms with van der Waals surface area (Å²) in [7, 11) is 0. The van der Waals surface area contributed by atoms with E-state index in [4.69, 9.17) is 0 Å². The van der Waals surface area contributed by atoms with Crippen LogP contribution in [0.4, 0.5) is 4.39 Å². The van der Waals surface area contributed by atoms with Crippen LogP contribution in [0, 0.1) is 5.95 Å². The van der Waals surface area contributed by atoms with E-state index in [1.807, 2.05) is 6.92 Å². The highest BCUT2D eigenvalue weighted by atomic mass is 19.1. The highest BCUT2D eigenvalue weighted by Crippen LogP contribution is 2.18. The van der Waals surface area contributed by atoms with Gasteiger partial charge in [0, 0.05) is 23.4 Å². The summed E-state index contributed by atoms with van der Waals surface area (Å²) < 4.78 is 13.3. The van der Waals surface area contributed by atoms with Crippen LogP contribution in [-0.4, -0.2) is 16.9 Å². The Balaban J connectivity index is 2.05. The van der Waals surface area contributed by atoms with Gasteiger partial charge in [-0.3, -0.25) is 4.79 Å². The second kappa shape index (κ2) is 5.94. The molecule has 0 spiro atoms. The highest BCUT2D eigenvalue weighted by Gasteiger charge is 2.17. The highest BCUT2D eigenvalue weighted by molar-refractivity contribution is 5.94. The first-order valence-corrected chi connectivity index (χ1v) is 6.66. The van der Waals surface area contributed by atoms with Gasteiger partial charge in [0.1, 0.15) is 0 Å². The predicted molar refractivity (Wildman–Crippen MR) is 67.9 cm³/mol. The molecule has 0 atom stereocenters. The van der Waals surface area contributed by atoms with Gasteiger partial charge in [0.05, 0.1) is 0 Å². The summed E-state index contributed by atoms with van der Waals surface area (Å²) in [5.74, 6) is -0.763. The lowest BCUT2D eigenvalue weighted by Crippen LogP contribution is -2.36. The zero-order chi connectivity index (χ0) is 13.0. The molecular formula is C14H19FN2O. The molecule has 0 aliphatic heterocycles. The van der Waals surface area contributed by atoms with Crippen molar-refractivity contribution in [3.8, 4) is 0 Å². The van der Waals surface area contributed by atoms with Gasteiger partial charge in [0.25, 0.3) is 5.91 Å². The van der Waals surface area contributed by atoms with Gasteiger partial charge in [0.15, 0.2) is 0 Å². The number of nitrogens with zero attached hydrogens (tertiary/aromatic N) is 1. The maximum absolute atomic E-state index is 13.3.